The van der Waals surface area contributed by atoms with E-state index >= 15 is 0 Å². The Hall–Kier alpha value is -5.09. The molecule has 7 rings (SSSR count). The Labute approximate surface area is 263 Å². The topological polar surface area (TPSA) is 128 Å². The summed E-state index contributed by atoms with van der Waals surface area (Å²) in [7, 11) is 0. The van der Waals surface area contributed by atoms with E-state index in [9.17, 15) is 18.4 Å². The van der Waals surface area contributed by atoms with Gasteiger partial charge in [-0.1, -0.05) is 0 Å². The van der Waals surface area contributed by atoms with E-state index in [-0.39, 0.29) is 29.0 Å². The molecule has 0 radical (unpaired) electrons. The van der Waals surface area contributed by atoms with Gasteiger partial charge in [-0.3, -0.25) is 14.0 Å². The zero-order valence-electron chi connectivity index (χ0n) is 25.2. The lowest BCUT2D eigenvalue weighted by atomic mass is 9.74. The zero-order valence-corrected chi connectivity index (χ0v) is 25.2. The molecule has 4 aromatic rings. The summed E-state index contributed by atoms with van der Waals surface area (Å²) < 4.78 is 36.2. The predicted octanol–water partition coefficient (Wildman–Crippen LogP) is 3.91. The second-order valence-corrected chi connectivity index (χ2v) is 12.3. The summed E-state index contributed by atoms with van der Waals surface area (Å²) in [5.41, 5.74) is 3.00. The average Bonchev–Trinajstić information content (AvgIpc) is 3.45. The number of hydrogen-bond donors (Lipinski definition) is 2. The summed E-state index contributed by atoms with van der Waals surface area (Å²) in [6.07, 6.45) is 5.87. The molecule has 3 saturated heterocycles. The lowest BCUT2D eigenvalue weighted by molar-refractivity contribution is -0.152. The van der Waals surface area contributed by atoms with E-state index in [1.165, 1.54) is 24.5 Å². The van der Waals surface area contributed by atoms with E-state index < -0.39 is 18.2 Å². The van der Waals surface area contributed by atoms with Gasteiger partial charge < -0.3 is 25.2 Å². The van der Waals surface area contributed by atoms with E-state index in [1.807, 2.05) is 22.8 Å². The molecule has 11 nitrogen and oxygen atoms in total. The Morgan fingerprint density at radius 3 is 2.59 bits per heavy atom. The van der Waals surface area contributed by atoms with Crippen molar-refractivity contribution in [2.24, 2.45) is 11.3 Å². The van der Waals surface area contributed by atoms with Crippen LogP contribution in [-0.2, 0) is 4.79 Å². The molecule has 0 saturated carbocycles. The number of piperidine rings is 1. The normalized spacial score (nSPS) is 17.3. The number of hydrogen-bond acceptors (Lipinski definition) is 8. The van der Waals surface area contributed by atoms with Gasteiger partial charge in [-0.25, -0.2) is 14.4 Å². The Morgan fingerprint density at radius 1 is 1.11 bits per heavy atom. The maximum atomic E-state index is 15.0. The summed E-state index contributed by atoms with van der Waals surface area (Å²) in [6, 6.07) is 9.78. The van der Waals surface area contributed by atoms with Gasteiger partial charge in [-0.15, -0.1) is 0 Å². The van der Waals surface area contributed by atoms with Gasteiger partial charge in [-0.2, -0.15) is 9.65 Å². The molecule has 2 amide bonds. The number of nitrogens with zero attached hydrogens (tertiary/aromatic N) is 6. The number of carbonyl (C=O) groups is 2. The molecule has 0 bridgehead atoms. The van der Waals surface area contributed by atoms with Crippen molar-refractivity contribution in [3.05, 3.63) is 71.7 Å². The molecule has 13 heteroatoms. The van der Waals surface area contributed by atoms with Crippen molar-refractivity contribution in [1.29, 1.82) is 5.26 Å². The van der Waals surface area contributed by atoms with Crippen LogP contribution in [0, 0.1) is 41.2 Å². The third-order valence-corrected chi connectivity index (χ3v) is 9.26. The van der Waals surface area contributed by atoms with Crippen LogP contribution < -0.4 is 15.4 Å². The molecule has 236 valence electrons. The largest absolute Gasteiger partial charge is 0.476 e. The molecule has 2 aromatic carbocycles. The van der Waals surface area contributed by atoms with Crippen LogP contribution in [0.1, 0.15) is 28.8 Å². The Kier molecular flexibility index (Phi) is 7.52. The highest BCUT2D eigenvalue weighted by atomic mass is 19.2. The number of halogens is 2. The standard InChI is InChI=1S/C33H32F2N8O3/c1-20-14-22(2-3-23(20)32(45)41-10-6-21(7-11-41)31(44)42-18-33(19-42)16-37-17-33)40-29-30-39-15-25(43(30)12-9-38-29)24-4-5-26(46-13-8-36)28(35)27(24)34/h2-5,9,12,14-15,21,37H,6-7,10-11,13,16-19H2,1H3,(H,38,40). The van der Waals surface area contributed by atoms with Crippen LogP contribution in [0.4, 0.5) is 20.3 Å². The molecular weight excluding hydrogens is 594 g/mol. The van der Waals surface area contributed by atoms with Crippen LogP contribution in [0.2, 0.25) is 0 Å². The highest BCUT2D eigenvalue weighted by Gasteiger charge is 2.50. The zero-order chi connectivity index (χ0) is 32.0. The van der Waals surface area contributed by atoms with E-state index in [0.717, 1.165) is 31.7 Å². The SMILES string of the molecule is Cc1cc(Nc2nccn3c(-c4ccc(OCC#N)c(F)c4F)cnc23)ccc1C(=O)N1CCC(C(=O)N2CC3(CNC3)C2)CC1. The highest BCUT2D eigenvalue weighted by molar-refractivity contribution is 5.96. The highest BCUT2D eigenvalue weighted by Crippen LogP contribution is 2.36. The number of nitrogens with one attached hydrogen (secondary N) is 2. The average molecular weight is 627 g/mol. The van der Waals surface area contributed by atoms with Gasteiger partial charge in [0.15, 0.2) is 29.6 Å². The fraction of sp³-hybridized carbons (Fsp3) is 0.364. The third-order valence-electron chi connectivity index (χ3n) is 9.26. The Morgan fingerprint density at radius 2 is 1.89 bits per heavy atom. The molecule has 0 unspecified atom stereocenters. The first-order chi connectivity index (χ1) is 22.3. The van der Waals surface area contributed by atoms with Gasteiger partial charge in [0, 0.05) is 79.8 Å². The van der Waals surface area contributed by atoms with E-state index in [2.05, 4.69) is 20.6 Å². The molecule has 2 aromatic heterocycles. The van der Waals surface area contributed by atoms with Gasteiger partial charge in [0.25, 0.3) is 5.91 Å². The molecule has 46 heavy (non-hydrogen) atoms. The van der Waals surface area contributed by atoms with Crippen molar-refractivity contribution in [2.45, 2.75) is 19.8 Å². The van der Waals surface area contributed by atoms with Crippen LogP contribution >= 0.6 is 0 Å². The number of ether oxygens (including phenoxy) is 1. The van der Waals surface area contributed by atoms with Crippen LogP contribution in [0.25, 0.3) is 16.9 Å². The first-order valence-electron chi connectivity index (χ1n) is 15.2. The fourth-order valence-electron chi connectivity index (χ4n) is 6.66. The molecule has 0 aliphatic carbocycles. The number of carbonyl (C=O) groups excluding carboxylic acids is 2. The van der Waals surface area contributed by atoms with Gasteiger partial charge in [0.05, 0.1) is 11.9 Å². The Bertz CT molecular complexity index is 1880. The number of imidazole rings is 1. The molecule has 3 aliphatic rings. The van der Waals surface area contributed by atoms with E-state index in [0.29, 0.717) is 59.8 Å². The molecule has 3 aliphatic heterocycles. The van der Waals surface area contributed by atoms with Gasteiger partial charge in [0.2, 0.25) is 11.7 Å². The number of aryl methyl sites for hydroxylation is 1. The number of likely N-dealkylation sites (tertiary alicyclic amines) is 2. The maximum absolute atomic E-state index is 15.0. The van der Waals surface area contributed by atoms with Crippen LogP contribution in [0.5, 0.6) is 5.75 Å². The number of fused-ring (bicyclic) bond motifs is 1. The van der Waals surface area contributed by atoms with Gasteiger partial charge in [0.1, 0.15) is 6.07 Å². The van der Waals surface area contributed by atoms with Crippen LogP contribution in [0.15, 0.2) is 48.9 Å². The number of aromatic nitrogens is 3. The van der Waals surface area contributed by atoms with Crippen molar-refractivity contribution in [3.8, 4) is 23.1 Å². The van der Waals surface area contributed by atoms with Crippen LogP contribution in [-0.4, -0.2) is 81.9 Å². The lowest BCUT2D eigenvalue weighted by Crippen LogP contribution is -2.72. The predicted molar refractivity (Wildman–Crippen MR) is 164 cm³/mol. The molecule has 3 fully saturated rings. The smallest absolute Gasteiger partial charge is 0.254 e. The maximum Gasteiger partial charge on any atom is 0.254 e. The second kappa shape index (κ2) is 11.7. The fourth-order valence-corrected chi connectivity index (χ4v) is 6.66. The molecule has 2 N–H and O–H groups in total. The number of anilines is 2. The summed E-state index contributed by atoms with van der Waals surface area (Å²) in [5.74, 6) is -2.14. The number of rotatable bonds is 7. The number of nitriles is 1. The molecule has 1 spiro atoms. The van der Waals surface area contributed by atoms with Crippen molar-refractivity contribution in [2.75, 3.05) is 51.2 Å². The minimum atomic E-state index is -1.19. The van der Waals surface area contributed by atoms with Crippen molar-refractivity contribution >= 4 is 29.0 Å². The van der Waals surface area contributed by atoms with Crippen molar-refractivity contribution < 1.29 is 23.1 Å². The van der Waals surface area contributed by atoms with E-state index in [4.69, 9.17) is 10.00 Å². The number of amides is 2. The van der Waals surface area contributed by atoms with Gasteiger partial charge >= 0.3 is 0 Å². The third kappa shape index (κ3) is 5.18. The molecule has 5 heterocycles. The second-order valence-electron chi connectivity index (χ2n) is 12.3. The van der Waals surface area contributed by atoms with E-state index in [1.54, 1.807) is 28.8 Å². The first-order valence-corrected chi connectivity index (χ1v) is 15.2. The minimum Gasteiger partial charge on any atom is -0.476 e. The van der Waals surface area contributed by atoms with Crippen molar-refractivity contribution in [1.82, 2.24) is 29.5 Å². The summed E-state index contributed by atoms with van der Waals surface area (Å²) in [6.45, 7) is 6.23. The quantitative estimate of drug-likeness (QED) is 0.316. The summed E-state index contributed by atoms with van der Waals surface area (Å²) in [4.78, 5) is 39.0. The Balaban J connectivity index is 1.02. The lowest BCUT2D eigenvalue weighted by Gasteiger charge is -2.56. The molecule has 0 atom stereocenters. The monoisotopic (exact) mass is 626 g/mol. The molecular formula is C33H32F2N8O3. The van der Waals surface area contributed by atoms with Crippen LogP contribution in [0.3, 0.4) is 0 Å². The van der Waals surface area contributed by atoms with Gasteiger partial charge in [-0.05, 0) is 55.7 Å². The first kappa shape index (κ1) is 29.6. The summed E-state index contributed by atoms with van der Waals surface area (Å²) in [5, 5.41) is 15.2. The minimum absolute atomic E-state index is 0.0289. The number of benzene rings is 2. The summed E-state index contributed by atoms with van der Waals surface area (Å²) >= 11 is 0. The van der Waals surface area contributed by atoms with Crippen molar-refractivity contribution in [3.63, 3.8) is 0 Å².